The van der Waals surface area contributed by atoms with Crippen molar-refractivity contribution in [1.82, 2.24) is 10.2 Å². The maximum Gasteiger partial charge on any atom is 0.0589 e. The Bertz CT molecular complexity index is 289. The van der Waals surface area contributed by atoms with Gasteiger partial charge in [-0.3, -0.25) is 4.90 Å². The van der Waals surface area contributed by atoms with Crippen LogP contribution >= 0.6 is 0 Å². The summed E-state index contributed by atoms with van der Waals surface area (Å²) < 4.78 is 5.32. The molecule has 2 atom stereocenters. The Hall–Kier alpha value is -0.120. The summed E-state index contributed by atoms with van der Waals surface area (Å²) >= 11 is 0. The molecule has 2 aliphatic carbocycles. The van der Waals surface area contributed by atoms with Crippen LogP contribution in [-0.2, 0) is 4.74 Å². The summed E-state index contributed by atoms with van der Waals surface area (Å²) in [4.78, 5) is 2.68. The molecule has 0 aromatic carbocycles. The van der Waals surface area contributed by atoms with E-state index in [2.05, 4.69) is 31.0 Å². The molecule has 0 saturated heterocycles. The third-order valence-corrected chi connectivity index (χ3v) is 5.30. The Morgan fingerprint density at radius 1 is 1.30 bits per heavy atom. The van der Waals surface area contributed by atoms with E-state index in [9.17, 15) is 0 Å². The number of methoxy groups -OCH3 is 1. The van der Waals surface area contributed by atoms with Gasteiger partial charge in [0.1, 0.15) is 0 Å². The fraction of sp³-hybridized carbons (Fsp3) is 1.00. The van der Waals surface area contributed by atoms with E-state index in [1.54, 1.807) is 0 Å². The molecule has 2 fully saturated rings. The lowest BCUT2D eigenvalue weighted by molar-refractivity contribution is 0.0752. The molecule has 2 unspecified atom stereocenters. The van der Waals surface area contributed by atoms with Gasteiger partial charge in [-0.15, -0.1) is 0 Å². The Balaban J connectivity index is 1.87. The zero-order chi connectivity index (χ0) is 14.6. The van der Waals surface area contributed by atoms with E-state index in [-0.39, 0.29) is 0 Å². The summed E-state index contributed by atoms with van der Waals surface area (Å²) in [5.74, 6) is 0.935. The summed E-state index contributed by atoms with van der Waals surface area (Å²) in [7, 11) is 1.81. The van der Waals surface area contributed by atoms with Crippen molar-refractivity contribution in [2.75, 3.05) is 33.4 Å². The predicted octanol–water partition coefficient (Wildman–Crippen LogP) is 2.90. The van der Waals surface area contributed by atoms with Gasteiger partial charge in [0.05, 0.1) is 6.61 Å². The molecular formula is C17H34N2O. The number of nitrogens with one attached hydrogen (secondary N) is 1. The molecule has 2 aliphatic rings. The number of hydrogen-bond donors (Lipinski definition) is 1. The largest absolute Gasteiger partial charge is 0.383 e. The van der Waals surface area contributed by atoms with Gasteiger partial charge < -0.3 is 10.1 Å². The summed E-state index contributed by atoms with van der Waals surface area (Å²) in [6, 6.07) is 1.53. The van der Waals surface area contributed by atoms with E-state index in [1.807, 2.05) is 7.11 Å². The summed E-state index contributed by atoms with van der Waals surface area (Å²) in [5.41, 5.74) is 0.388. The molecule has 118 valence electrons. The van der Waals surface area contributed by atoms with E-state index in [4.69, 9.17) is 4.74 Å². The van der Waals surface area contributed by atoms with Crippen LogP contribution in [0, 0.1) is 11.3 Å². The summed E-state index contributed by atoms with van der Waals surface area (Å²) in [6.07, 6.45) is 6.85. The van der Waals surface area contributed by atoms with Gasteiger partial charge in [0.2, 0.25) is 0 Å². The third-order valence-electron chi connectivity index (χ3n) is 5.30. The molecule has 2 saturated carbocycles. The minimum absolute atomic E-state index is 0.388. The summed E-state index contributed by atoms with van der Waals surface area (Å²) in [5, 5.41) is 3.74. The smallest absolute Gasteiger partial charge is 0.0589 e. The first-order chi connectivity index (χ1) is 9.58. The third kappa shape index (κ3) is 5.01. The first-order valence-corrected chi connectivity index (χ1v) is 8.54. The van der Waals surface area contributed by atoms with Crippen LogP contribution in [0.1, 0.15) is 52.9 Å². The van der Waals surface area contributed by atoms with Gasteiger partial charge in [-0.2, -0.15) is 0 Å². The van der Waals surface area contributed by atoms with Crippen LogP contribution < -0.4 is 5.32 Å². The highest BCUT2D eigenvalue weighted by molar-refractivity contribution is 4.90. The van der Waals surface area contributed by atoms with Crippen molar-refractivity contribution in [2.45, 2.75) is 65.0 Å². The molecule has 1 N–H and O–H groups in total. The van der Waals surface area contributed by atoms with Gasteiger partial charge in [0.25, 0.3) is 0 Å². The van der Waals surface area contributed by atoms with Crippen LogP contribution in [-0.4, -0.2) is 50.3 Å². The van der Waals surface area contributed by atoms with E-state index in [0.717, 1.165) is 37.7 Å². The highest BCUT2D eigenvalue weighted by atomic mass is 16.5. The first-order valence-electron chi connectivity index (χ1n) is 8.54. The molecule has 2 rings (SSSR count). The highest BCUT2D eigenvalue weighted by Crippen LogP contribution is 2.36. The average molecular weight is 282 g/mol. The molecule has 0 bridgehead atoms. The molecule has 0 spiro atoms. The predicted molar refractivity (Wildman–Crippen MR) is 85.1 cm³/mol. The first kappa shape index (κ1) is 16.3. The van der Waals surface area contributed by atoms with Crippen molar-refractivity contribution in [3.63, 3.8) is 0 Å². The Morgan fingerprint density at radius 2 is 2.00 bits per heavy atom. The highest BCUT2D eigenvalue weighted by Gasteiger charge is 2.35. The average Bonchev–Trinajstić information content (AvgIpc) is 3.31. The van der Waals surface area contributed by atoms with Crippen LogP contribution in [0.4, 0.5) is 0 Å². The molecule has 3 heteroatoms. The second-order valence-corrected chi connectivity index (χ2v) is 7.36. The van der Waals surface area contributed by atoms with Crippen molar-refractivity contribution >= 4 is 0 Å². The number of ether oxygens (including phenoxy) is 1. The van der Waals surface area contributed by atoms with Crippen molar-refractivity contribution < 1.29 is 4.74 Å². The standard InChI is InChI=1S/C17H34N2O/c1-5-17(3,12-18-16-8-9-16)13-19(10-11-20-4)14(2)15-6-7-15/h14-16,18H,5-13H2,1-4H3. The molecule has 3 nitrogen and oxygen atoms in total. The molecule has 0 radical (unpaired) electrons. The lowest BCUT2D eigenvalue weighted by Crippen LogP contribution is -2.47. The maximum atomic E-state index is 5.32. The quantitative estimate of drug-likeness (QED) is 0.630. The number of rotatable bonds is 11. The monoisotopic (exact) mass is 282 g/mol. The van der Waals surface area contributed by atoms with Crippen molar-refractivity contribution in [3.8, 4) is 0 Å². The van der Waals surface area contributed by atoms with Gasteiger partial charge in [0.15, 0.2) is 0 Å². The summed E-state index contributed by atoms with van der Waals surface area (Å²) in [6.45, 7) is 11.5. The SMILES string of the molecule is CCC(C)(CNC1CC1)CN(CCOC)C(C)C1CC1. The normalized spacial score (nSPS) is 23.9. The second kappa shape index (κ2) is 7.24. The fourth-order valence-electron chi connectivity index (χ4n) is 2.97. The van der Waals surface area contributed by atoms with Gasteiger partial charge in [-0.05, 0) is 50.4 Å². The Kier molecular flexibility index (Phi) is 5.88. The van der Waals surface area contributed by atoms with Crippen LogP contribution in [0.15, 0.2) is 0 Å². The van der Waals surface area contributed by atoms with Crippen LogP contribution in [0.25, 0.3) is 0 Å². The molecular weight excluding hydrogens is 248 g/mol. The van der Waals surface area contributed by atoms with Crippen molar-refractivity contribution in [2.24, 2.45) is 11.3 Å². The number of hydrogen-bond acceptors (Lipinski definition) is 3. The van der Waals surface area contributed by atoms with E-state index in [0.29, 0.717) is 5.41 Å². The van der Waals surface area contributed by atoms with Gasteiger partial charge >= 0.3 is 0 Å². The van der Waals surface area contributed by atoms with Gasteiger partial charge in [-0.1, -0.05) is 13.8 Å². The minimum atomic E-state index is 0.388. The molecule has 0 amide bonds. The lowest BCUT2D eigenvalue weighted by Gasteiger charge is -2.38. The lowest BCUT2D eigenvalue weighted by atomic mass is 9.86. The van der Waals surface area contributed by atoms with Crippen LogP contribution in [0.5, 0.6) is 0 Å². The molecule has 0 aromatic heterocycles. The van der Waals surface area contributed by atoms with E-state index >= 15 is 0 Å². The molecule has 0 heterocycles. The Morgan fingerprint density at radius 3 is 2.50 bits per heavy atom. The maximum absolute atomic E-state index is 5.32. The molecule has 20 heavy (non-hydrogen) atoms. The van der Waals surface area contributed by atoms with Gasteiger partial charge in [0, 0.05) is 38.8 Å². The fourth-order valence-corrected chi connectivity index (χ4v) is 2.97. The zero-order valence-corrected chi connectivity index (χ0v) is 14.0. The molecule has 0 aliphatic heterocycles. The topological polar surface area (TPSA) is 24.5 Å². The Labute approximate surface area is 125 Å². The second-order valence-electron chi connectivity index (χ2n) is 7.36. The minimum Gasteiger partial charge on any atom is -0.383 e. The van der Waals surface area contributed by atoms with Crippen LogP contribution in [0.2, 0.25) is 0 Å². The van der Waals surface area contributed by atoms with Crippen LogP contribution in [0.3, 0.4) is 0 Å². The zero-order valence-electron chi connectivity index (χ0n) is 14.0. The van der Waals surface area contributed by atoms with Crippen molar-refractivity contribution in [3.05, 3.63) is 0 Å². The molecule has 0 aromatic rings. The number of nitrogens with zero attached hydrogens (tertiary/aromatic N) is 1. The van der Waals surface area contributed by atoms with Gasteiger partial charge in [-0.25, -0.2) is 0 Å². The van der Waals surface area contributed by atoms with Crippen molar-refractivity contribution in [1.29, 1.82) is 0 Å². The van der Waals surface area contributed by atoms with E-state index < -0.39 is 0 Å². The van der Waals surface area contributed by atoms with E-state index in [1.165, 1.54) is 38.6 Å².